The Kier molecular flexibility index (Phi) is 3.58. The number of hydrogen-bond acceptors (Lipinski definition) is 1. The fraction of sp³-hybridized carbons (Fsp3) is 0.333. The number of rotatable bonds is 5. The molecule has 0 unspecified atom stereocenters. The van der Waals surface area contributed by atoms with Gasteiger partial charge in [-0.1, -0.05) is 11.6 Å². The molecule has 0 aliphatic heterocycles. The maximum atomic E-state index is 13.6. The van der Waals surface area contributed by atoms with Gasteiger partial charge in [0.05, 0.1) is 0 Å². The summed E-state index contributed by atoms with van der Waals surface area (Å²) in [6, 6.07) is 7.43. The summed E-state index contributed by atoms with van der Waals surface area (Å²) in [5.74, 6) is -0.212. The number of nitrogens with one attached hydrogen (secondary N) is 1. The lowest BCUT2D eigenvalue weighted by Crippen LogP contribution is -2.14. The van der Waals surface area contributed by atoms with Crippen molar-refractivity contribution in [1.82, 2.24) is 9.88 Å². The molecule has 1 aromatic carbocycles. The monoisotopic (exact) mass is 278 g/mol. The largest absolute Gasteiger partial charge is 0.349 e. The van der Waals surface area contributed by atoms with Crippen LogP contribution >= 0.6 is 11.6 Å². The first-order valence-electron chi connectivity index (χ1n) is 6.53. The number of halogens is 2. The predicted octanol–water partition coefficient (Wildman–Crippen LogP) is 3.58. The van der Waals surface area contributed by atoms with E-state index in [9.17, 15) is 4.39 Å². The normalized spacial score (nSPS) is 14.8. The van der Waals surface area contributed by atoms with Crippen LogP contribution in [0.1, 0.15) is 24.0 Å². The first-order valence-corrected chi connectivity index (χ1v) is 6.90. The quantitative estimate of drug-likeness (QED) is 0.885. The number of benzene rings is 1. The van der Waals surface area contributed by atoms with Crippen molar-refractivity contribution in [2.24, 2.45) is 0 Å². The number of aromatic nitrogens is 1. The Labute approximate surface area is 117 Å². The molecular weight excluding hydrogens is 263 g/mol. The molecule has 2 aromatic rings. The molecule has 0 radical (unpaired) electrons. The molecule has 0 saturated heterocycles. The zero-order valence-electron chi connectivity index (χ0n) is 10.6. The highest BCUT2D eigenvalue weighted by atomic mass is 35.5. The van der Waals surface area contributed by atoms with Crippen molar-refractivity contribution in [3.05, 3.63) is 58.6 Å². The number of nitrogens with zero attached hydrogens (tertiary/aromatic N) is 1. The Morgan fingerprint density at radius 1 is 1.32 bits per heavy atom. The van der Waals surface area contributed by atoms with E-state index in [1.54, 1.807) is 12.1 Å². The van der Waals surface area contributed by atoms with Gasteiger partial charge >= 0.3 is 0 Å². The molecule has 1 aliphatic rings. The molecule has 100 valence electrons. The topological polar surface area (TPSA) is 17.0 Å². The van der Waals surface area contributed by atoms with Gasteiger partial charge in [0, 0.05) is 42.1 Å². The summed E-state index contributed by atoms with van der Waals surface area (Å²) in [5, 5.41) is 4.03. The average molecular weight is 279 g/mol. The van der Waals surface area contributed by atoms with Gasteiger partial charge in [-0.15, -0.1) is 0 Å². The van der Waals surface area contributed by atoms with Crippen LogP contribution in [0.2, 0.25) is 5.02 Å². The highest BCUT2D eigenvalue weighted by Crippen LogP contribution is 2.20. The molecular formula is C15H16ClFN2. The predicted molar refractivity (Wildman–Crippen MR) is 74.8 cm³/mol. The molecule has 19 heavy (non-hydrogen) atoms. The zero-order chi connectivity index (χ0) is 13.2. The van der Waals surface area contributed by atoms with Crippen molar-refractivity contribution in [1.29, 1.82) is 0 Å². The second-order valence-electron chi connectivity index (χ2n) is 5.08. The smallest absolute Gasteiger partial charge is 0.128 e. The first kappa shape index (κ1) is 12.7. The lowest BCUT2D eigenvalue weighted by Gasteiger charge is -2.05. The summed E-state index contributed by atoms with van der Waals surface area (Å²) in [6.45, 7) is 1.39. The molecule has 0 atom stereocenters. The fourth-order valence-corrected chi connectivity index (χ4v) is 2.30. The van der Waals surface area contributed by atoms with E-state index < -0.39 is 0 Å². The van der Waals surface area contributed by atoms with Crippen LogP contribution in [0.4, 0.5) is 4.39 Å². The van der Waals surface area contributed by atoms with Gasteiger partial charge in [-0.3, -0.25) is 0 Å². The Morgan fingerprint density at radius 3 is 2.95 bits per heavy atom. The van der Waals surface area contributed by atoms with Crippen LogP contribution in [0.25, 0.3) is 0 Å². The van der Waals surface area contributed by atoms with E-state index in [-0.39, 0.29) is 5.82 Å². The highest BCUT2D eigenvalue weighted by molar-refractivity contribution is 6.30. The minimum absolute atomic E-state index is 0.212. The van der Waals surface area contributed by atoms with Gasteiger partial charge in [0.1, 0.15) is 5.82 Å². The van der Waals surface area contributed by atoms with E-state index >= 15 is 0 Å². The second-order valence-corrected chi connectivity index (χ2v) is 5.52. The Balaban J connectivity index is 1.66. The van der Waals surface area contributed by atoms with Crippen LogP contribution in [0.5, 0.6) is 0 Å². The summed E-state index contributed by atoms with van der Waals surface area (Å²) in [6.07, 6.45) is 6.60. The Bertz CT molecular complexity index is 575. The third-order valence-corrected chi connectivity index (χ3v) is 3.58. The minimum Gasteiger partial charge on any atom is -0.349 e. The van der Waals surface area contributed by atoms with Crippen LogP contribution in [0.3, 0.4) is 0 Å². The summed E-state index contributed by atoms with van der Waals surface area (Å²) >= 11 is 5.89. The van der Waals surface area contributed by atoms with Crippen molar-refractivity contribution in [2.75, 3.05) is 0 Å². The van der Waals surface area contributed by atoms with Crippen LogP contribution in [0.15, 0.2) is 36.7 Å². The molecule has 0 amide bonds. The fourth-order valence-electron chi connectivity index (χ4n) is 2.10. The van der Waals surface area contributed by atoms with Gasteiger partial charge in [-0.05, 0) is 42.7 Å². The van der Waals surface area contributed by atoms with Crippen molar-refractivity contribution >= 4 is 11.6 Å². The van der Waals surface area contributed by atoms with E-state index in [1.165, 1.54) is 24.5 Å². The third kappa shape index (κ3) is 3.37. The summed E-state index contributed by atoms with van der Waals surface area (Å²) < 4.78 is 15.6. The first-order chi connectivity index (χ1) is 9.20. The molecule has 1 N–H and O–H groups in total. The van der Waals surface area contributed by atoms with Crippen LogP contribution in [-0.4, -0.2) is 10.6 Å². The van der Waals surface area contributed by atoms with Crippen LogP contribution in [0, 0.1) is 5.82 Å². The molecule has 0 bridgehead atoms. The maximum absolute atomic E-state index is 13.6. The molecule has 1 fully saturated rings. The molecule has 1 heterocycles. The van der Waals surface area contributed by atoms with E-state index in [0.29, 0.717) is 23.2 Å². The second kappa shape index (κ2) is 5.35. The van der Waals surface area contributed by atoms with Crippen molar-refractivity contribution in [3.63, 3.8) is 0 Å². The Hall–Kier alpha value is -1.32. The van der Waals surface area contributed by atoms with E-state index in [4.69, 9.17) is 11.6 Å². The summed E-state index contributed by atoms with van der Waals surface area (Å²) in [7, 11) is 0. The average Bonchev–Trinajstić information content (AvgIpc) is 3.12. The SMILES string of the molecule is Fc1ccc(Cl)cc1Cn1ccc(CNC2CC2)c1. The molecule has 0 spiro atoms. The summed E-state index contributed by atoms with van der Waals surface area (Å²) in [4.78, 5) is 0. The van der Waals surface area contributed by atoms with Crippen LogP contribution < -0.4 is 5.32 Å². The Morgan fingerprint density at radius 2 is 2.16 bits per heavy atom. The van der Waals surface area contributed by atoms with E-state index in [2.05, 4.69) is 17.6 Å². The van der Waals surface area contributed by atoms with Gasteiger partial charge in [0.15, 0.2) is 0 Å². The maximum Gasteiger partial charge on any atom is 0.128 e. The number of hydrogen-bond donors (Lipinski definition) is 1. The lowest BCUT2D eigenvalue weighted by molar-refractivity contribution is 0.599. The van der Waals surface area contributed by atoms with Crippen molar-refractivity contribution in [2.45, 2.75) is 32.0 Å². The summed E-state index contributed by atoms with van der Waals surface area (Å²) in [5.41, 5.74) is 1.85. The van der Waals surface area contributed by atoms with Crippen LogP contribution in [-0.2, 0) is 13.1 Å². The van der Waals surface area contributed by atoms with Gasteiger partial charge in [0.2, 0.25) is 0 Å². The van der Waals surface area contributed by atoms with Gasteiger partial charge in [-0.2, -0.15) is 0 Å². The van der Waals surface area contributed by atoms with Crippen molar-refractivity contribution < 1.29 is 4.39 Å². The molecule has 2 nitrogen and oxygen atoms in total. The van der Waals surface area contributed by atoms with E-state index in [1.807, 2.05) is 10.8 Å². The molecule has 4 heteroatoms. The molecule has 1 saturated carbocycles. The molecule has 1 aliphatic carbocycles. The third-order valence-electron chi connectivity index (χ3n) is 3.34. The minimum atomic E-state index is -0.212. The zero-order valence-corrected chi connectivity index (χ0v) is 11.3. The highest BCUT2D eigenvalue weighted by Gasteiger charge is 2.19. The van der Waals surface area contributed by atoms with Gasteiger partial charge in [0.25, 0.3) is 0 Å². The van der Waals surface area contributed by atoms with Gasteiger partial charge < -0.3 is 9.88 Å². The standard InChI is InChI=1S/C15H16ClFN2/c16-13-1-4-15(17)12(7-13)10-19-6-5-11(9-19)8-18-14-2-3-14/h1,4-7,9,14,18H,2-3,8,10H2. The molecule has 1 aromatic heterocycles. The lowest BCUT2D eigenvalue weighted by atomic mass is 10.2. The molecule has 3 rings (SSSR count). The van der Waals surface area contributed by atoms with E-state index in [0.717, 1.165) is 6.54 Å². The van der Waals surface area contributed by atoms with Gasteiger partial charge in [-0.25, -0.2) is 4.39 Å². The van der Waals surface area contributed by atoms with Crippen molar-refractivity contribution in [3.8, 4) is 0 Å².